The van der Waals surface area contributed by atoms with Crippen molar-refractivity contribution >= 4 is 36.1 Å². The van der Waals surface area contributed by atoms with E-state index >= 15 is 0 Å². The number of carbonyl (C=O) groups is 4. The lowest BCUT2D eigenvalue weighted by Crippen LogP contribution is -2.51. The molecule has 188 valence electrons. The number of amides is 3. The highest BCUT2D eigenvalue weighted by atomic mass is 35.5. The summed E-state index contributed by atoms with van der Waals surface area (Å²) in [6.45, 7) is 2.81. The second kappa shape index (κ2) is 13.9. The van der Waals surface area contributed by atoms with E-state index in [1.54, 1.807) is 35.2 Å². The van der Waals surface area contributed by atoms with Gasteiger partial charge in [-0.1, -0.05) is 18.2 Å². The number of carboxylic acid groups (broad SMARTS) is 1. The Bertz CT molecular complexity index is 832. The van der Waals surface area contributed by atoms with E-state index in [-0.39, 0.29) is 36.7 Å². The highest BCUT2D eigenvalue weighted by Crippen LogP contribution is 2.21. The quantitative estimate of drug-likeness (QED) is 0.411. The Labute approximate surface area is 206 Å². The molecular weight excluding hydrogens is 460 g/mol. The van der Waals surface area contributed by atoms with Gasteiger partial charge in [-0.2, -0.15) is 0 Å². The lowest BCUT2D eigenvalue weighted by molar-refractivity contribution is -0.139. The number of carboxylic acids is 1. The zero-order chi connectivity index (χ0) is 23.6. The van der Waals surface area contributed by atoms with Crippen LogP contribution >= 0.6 is 12.4 Å². The van der Waals surface area contributed by atoms with E-state index in [9.17, 15) is 24.3 Å². The molecule has 0 spiro atoms. The SMILES string of the molecule is Cl.O=C(N[C@H](CNC(=O)[C@@H]1CCCN(C(=O)CCC2CCNCC2)C1)C(=O)O)c1ccccc1. The van der Waals surface area contributed by atoms with Crippen molar-refractivity contribution in [2.24, 2.45) is 11.8 Å². The molecular formula is C24H35ClN4O5. The van der Waals surface area contributed by atoms with E-state index in [0.717, 1.165) is 38.8 Å². The minimum absolute atomic E-state index is 0. The fourth-order valence-corrected chi connectivity index (χ4v) is 4.45. The zero-order valence-corrected chi connectivity index (χ0v) is 20.1. The molecule has 2 saturated heterocycles. The fourth-order valence-electron chi connectivity index (χ4n) is 4.45. The number of hydrogen-bond donors (Lipinski definition) is 4. The smallest absolute Gasteiger partial charge is 0.328 e. The summed E-state index contributed by atoms with van der Waals surface area (Å²) in [6, 6.07) is 7.08. The number of aliphatic carboxylic acids is 1. The average molecular weight is 495 g/mol. The van der Waals surface area contributed by atoms with Crippen molar-refractivity contribution in [2.45, 2.75) is 44.6 Å². The van der Waals surface area contributed by atoms with Crippen LogP contribution in [0.25, 0.3) is 0 Å². The molecule has 0 saturated carbocycles. The maximum absolute atomic E-state index is 12.7. The second-order valence-electron chi connectivity index (χ2n) is 8.89. The van der Waals surface area contributed by atoms with Crippen molar-refractivity contribution in [3.63, 3.8) is 0 Å². The minimum atomic E-state index is -1.24. The number of nitrogens with one attached hydrogen (secondary N) is 3. The molecule has 2 fully saturated rings. The number of hydrogen-bond acceptors (Lipinski definition) is 5. The van der Waals surface area contributed by atoms with E-state index in [0.29, 0.717) is 37.4 Å². The highest BCUT2D eigenvalue weighted by molar-refractivity contribution is 5.96. The first-order chi connectivity index (χ1) is 15.9. The molecule has 1 aromatic rings. The number of nitrogens with zero attached hydrogens (tertiary/aromatic N) is 1. The van der Waals surface area contributed by atoms with Gasteiger partial charge < -0.3 is 26.0 Å². The maximum Gasteiger partial charge on any atom is 0.328 e. The number of rotatable bonds is 9. The van der Waals surface area contributed by atoms with Crippen LogP contribution in [-0.2, 0) is 14.4 Å². The summed E-state index contributed by atoms with van der Waals surface area (Å²) < 4.78 is 0. The third kappa shape index (κ3) is 8.29. The molecule has 0 bridgehead atoms. The van der Waals surface area contributed by atoms with E-state index in [4.69, 9.17) is 0 Å². The summed E-state index contributed by atoms with van der Waals surface area (Å²) in [7, 11) is 0. The number of halogens is 1. The first-order valence-corrected chi connectivity index (χ1v) is 11.8. The number of piperidine rings is 2. The molecule has 0 aromatic heterocycles. The molecule has 3 amide bonds. The molecule has 3 rings (SSSR count). The molecule has 2 heterocycles. The van der Waals surface area contributed by atoms with Gasteiger partial charge in [0, 0.05) is 31.6 Å². The van der Waals surface area contributed by atoms with E-state index < -0.39 is 17.9 Å². The normalized spacial score (nSPS) is 19.4. The summed E-state index contributed by atoms with van der Waals surface area (Å²) in [5, 5.41) is 17.9. The summed E-state index contributed by atoms with van der Waals surface area (Å²) >= 11 is 0. The molecule has 1 aromatic carbocycles. The Morgan fingerprint density at radius 2 is 1.79 bits per heavy atom. The number of benzene rings is 1. The third-order valence-corrected chi connectivity index (χ3v) is 6.49. The predicted octanol–water partition coefficient (Wildman–Crippen LogP) is 1.43. The van der Waals surface area contributed by atoms with Crippen LogP contribution in [0.5, 0.6) is 0 Å². The average Bonchev–Trinajstić information content (AvgIpc) is 2.85. The topological polar surface area (TPSA) is 128 Å². The van der Waals surface area contributed by atoms with E-state index in [2.05, 4.69) is 16.0 Å². The van der Waals surface area contributed by atoms with Gasteiger partial charge in [0.1, 0.15) is 6.04 Å². The van der Waals surface area contributed by atoms with E-state index in [1.807, 2.05) is 0 Å². The Kier molecular flexibility index (Phi) is 11.3. The zero-order valence-electron chi connectivity index (χ0n) is 19.3. The Balaban J connectivity index is 0.00000408. The molecule has 9 nitrogen and oxygen atoms in total. The molecule has 10 heteroatoms. The van der Waals surface area contributed by atoms with Crippen LogP contribution in [0.4, 0.5) is 0 Å². The van der Waals surface area contributed by atoms with Gasteiger partial charge in [-0.3, -0.25) is 14.4 Å². The van der Waals surface area contributed by atoms with Crippen LogP contribution in [0.3, 0.4) is 0 Å². The lowest BCUT2D eigenvalue weighted by atomic mass is 9.92. The predicted molar refractivity (Wildman–Crippen MR) is 130 cm³/mol. The summed E-state index contributed by atoms with van der Waals surface area (Å²) in [5.41, 5.74) is 0.348. The third-order valence-electron chi connectivity index (χ3n) is 6.49. The van der Waals surface area contributed by atoms with Gasteiger partial charge in [0.05, 0.1) is 5.92 Å². The van der Waals surface area contributed by atoms with Crippen molar-refractivity contribution in [3.8, 4) is 0 Å². The Morgan fingerprint density at radius 3 is 2.47 bits per heavy atom. The molecule has 34 heavy (non-hydrogen) atoms. The largest absolute Gasteiger partial charge is 0.480 e. The molecule has 2 aliphatic heterocycles. The number of carbonyl (C=O) groups excluding carboxylic acids is 3. The number of likely N-dealkylation sites (tertiary alicyclic amines) is 1. The van der Waals surface area contributed by atoms with Crippen molar-refractivity contribution in [1.29, 1.82) is 0 Å². The summed E-state index contributed by atoms with van der Waals surface area (Å²) in [4.78, 5) is 51.0. The standard InChI is InChI=1S/C24H34N4O5.ClH/c29-21(9-8-17-10-12-25-13-11-17)28-14-4-7-19(16-28)22(30)26-15-20(24(32)33)27-23(31)18-5-2-1-3-6-18;/h1-3,5-6,17,19-20,25H,4,7-16H2,(H,26,30)(H,27,31)(H,32,33);1H/t19-,20-;/m1./s1. The van der Waals surface area contributed by atoms with Crippen molar-refractivity contribution in [2.75, 3.05) is 32.7 Å². The van der Waals surface area contributed by atoms with Crippen LogP contribution in [-0.4, -0.2) is 72.5 Å². The molecule has 2 aliphatic rings. The van der Waals surface area contributed by atoms with E-state index in [1.165, 1.54) is 0 Å². The first kappa shape index (κ1) is 27.6. The fraction of sp³-hybridized carbons (Fsp3) is 0.583. The van der Waals surface area contributed by atoms with Gasteiger partial charge in [-0.05, 0) is 63.2 Å². The minimum Gasteiger partial charge on any atom is -0.480 e. The van der Waals surface area contributed by atoms with Gasteiger partial charge in [-0.25, -0.2) is 4.79 Å². The first-order valence-electron chi connectivity index (χ1n) is 11.8. The highest BCUT2D eigenvalue weighted by Gasteiger charge is 2.30. The van der Waals surface area contributed by atoms with Crippen LogP contribution in [0.15, 0.2) is 30.3 Å². The molecule has 0 unspecified atom stereocenters. The summed E-state index contributed by atoms with van der Waals surface area (Å²) in [6.07, 6.45) is 4.98. The molecule has 4 N–H and O–H groups in total. The Morgan fingerprint density at radius 1 is 1.09 bits per heavy atom. The van der Waals surface area contributed by atoms with Crippen LogP contribution in [0.2, 0.25) is 0 Å². The van der Waals surface area contributed by atoms with Crippen LogP contribution < -0.4 is 16.0 Å². The Hall–Kier alpha value is -2.65. The molecule has 0 aliphatic carbocycles. The van der Waals surface area contributed by atoms with Crippen molar-refractivity contribution in [3.05, 3.63) is 35.9 Å². The lowest BCUT2D eigenvalue weighted by Gasteiger charge is -2.33. The van der Waals surface area contributed by atoms with Crippen molar-refractivity contribution < 1.29 is 24.3 Å². The van der Waals surface area contributed by atoms with Gasteiger partial charge >= 0.3 is 5.97 Å². The molecule has 0 radical (unpaired) electrons. The van der Waals surface area contributed by atoms with Crippen LogP contribution in [0.1, 0.15) is 48.9 Å². The maximum atomic E-state index is 12.7. The second-order valence-corrected chi connectivity index (χ2v) is 8.89. The van der Waals surface area contributed by atoms with Gasteiger partial charge in [0.2, 0.25) is 11.8 Å². The van der Waals surface area contributed by atoms with Gasteiger partial charge in [0.25, 0.3) is 5.91 Å². The monoisotopic (exact) mass is 494 g/mol. The van der Waals surface area contributed by atoms with Crippen LogP contribution in [0, 0.1) is 11.8 Å². The molecule has 2 atom stereocenters. The summed E-state index contributed by atoms with van der Waals surface area (Å²) in [5.74, 6) is -1.73. The van der Waals surface area contributed by atoms with Crippen molar-refractivity contribution in [1.82, 2.24) is 20.9 Å². The van der Waals surface area contributed by atoms with Gasteiger partial charge in [-0.15, -0.1) is 12.4 Å². The van der Waals surface area contributed by atoms with Gasteiger partial charge in [0.15, 0.2) is 0 Å².